The van der Waals surface area contributed by atoms with Crippen LogP contribution in [0.25, 0.3) is 11.0 Å². The van der Waals surface area contributed by atoms with E-state index in [1.54, 1.807) is 18.9 Å². The first-order valence-electron chi connectivity index (χ1n) is 5.17. The van der Waals surface area contributed by atoms with Crippen LogP contribution in [0, 0.1) is 0 Å². The van der Waals surface area contributed by atoms with Gasteiger partial charge < -0.3 is 9.72 Å². The van der Waals surface area contributed by atoms with Crippen molar-refractivity contribution in [2.45, 2.75) is 5.16 Å². The van der Waals surface area contributed by atoms with Crippen LogP contribution in [0.3, 0.4) is 0 Å². The highest BCUT2D eigenvalue weighted by Crippen LogP contribution is 2.24. The largest absolute Gasteiger partial charge is 0.497 e. The standard InChI is InChI=1S/C12H14N2OS2/c1-8(6-16)7-17-12-13-10-4-3-9(15-2)5-11(10)14-12/h3-5,16H,1,6-7H2,2H3,(H,13,14). The number of H-pyrrole nitrogens is 1. The van der Waals surface area contributed by atoms with E-state index in [4.69, 9.17) is 4.74 Å². The third-order valence-corrected chi connectivity index (χ3v) is 3.77. The number of hydrogen-bond donors (Lipinski definition) is 2. The smallest absolute Gasteiger partial charge is 0.166 e. The number of fused-ring (bicyclic) bond motifs is 1. The Balaban J connectivity index is 2.17. The number of aromatic amines is 1. The molecule has 0 saturated heterocycles. The number of rotatable bonds is 5. The summed E-state index contributed by atoms with van der Waals surface area (Å²) in [7, 11) is 1.66. The molecule has 3 nitrogen and oxygen atoms in total. The third-order valence-electron chi connectivity index (χ3n) is 2.30. The van der Waals surface area contributed by atoms with Gasteiger partial charge in [-0.1, -0.05) is 23.9 Å². The van der Waals surface area contributed by atoms with Gasteiger partial charge in [0.2, 0.25) is 0 Å². The molecule has 1 N–H and O–H groups in total. The number of aromatic nitrogens is 2. The Morgan fingerprint density at radius 3 is 3.12 bits per heavy atom. The molecule has 90 valence electrons. The van der Waals surface area contributed by atoms with Gasteiger partial charge in [0.25, 0.3) is 0 Å². The van der Waals surface area contributed by atoms with Crippen LogP contribution in [0.1, 0.15) is 0 Å². The zero-order valence-corrected chi connectivity index (χ0v) is 11.3. The molecule has 1 heterocycles. The fraction of sp³-hybridized carbons (Fsp3) is 0.250. The Morgan fingerprint density at radius 2 is 2.41 bits per heavy atom. The van der Waals surface area contributed by atoms with Gasteiger partial charge >= 0.3 is 0 Å². The number of hydrogen-bond acceptors (Lipinski definition) is 4. The Kier molecular flexibility index (Phi) is 4.02. The van der Waals surface area contributed by atoms with Crippen molar-refractivity contribution in [1.29, 1.82) is 0 Å². The second kappa shape index (κ2) is 5.51. The first-order valence-corrected chi connectivity index (χ1v) is 6.79. The van der Waals surface area contributed by atoms with E-state index in [0.29, 0.717) is 5.75 Å². The van der Waals surface area contributed by atoms with Crippen LogP contribution in [0.4, 0.5) is 0 Å². The third kappa shape index (κ3) is 2.98. The van der Waals surface area contributed by atoms with E-state index in [-0.39, 0.29) is 0 Å². The highest BCUT2D eigenvalue weighted by molar-refractivity contribution is 7.99. The molecule has 0 unspecified atom stereocenters. The molecule has 0 aliphatic heterocycles. The molecule has 2 rings (SSSR count). The zero-order valence-electron chi connectivity index (χ0n) is 9.56. The van der Waals surface area contributed by atoms with Crippen LogP contribution in [-0.2, 0) is 0 Å². The summed E-state index contributed by atoms with van der Waals surface area (Å²) in [5.74, 6) is 2.37. The zero-order chi connectivity index (χ0) is 12.3. The average Bonchev–Trinajstić information content (AvgIpc) is 2.77. The SMILES string of the molecule is C=C(CS)CSc1nc2ccc(OC)cc2[nH]1. The molecule has 1 aromatic heterocycles. The molecule has 5 heteroatoms. The Morgan fingerprint density at radius 1 is 1.59 bits per heavy atom. The van der Waals surface area contributed by atoms with Gasteiger partial charge in [0.15, 0.2) is 5.16 Å². The monoisotopic (exact) mass is 266 g/mol. The first kappa shape index (κ1) is 12.4. The molecule has 2 aromatic rings. The number of imidazole rings is 1. The fourth-order valence-corrected chi connectivity index (χ4v) is 2.43. The summed E-state index contributed by atoms with van der Waals surface area (Å²) in [4.78, 5) is 7.74. The van der Waals surface area contributed by atoms with Gasteiger partial charge in [-0.05, 0) is 12.1 Å². The first-order chi connectivity index (χ1) is 8.22. The minimum absolute atomic E-state index is 0.709. The Bertz CT molecular complexity index is 536. The predicted molar refractivity (Wildman–Crippen MR) is 76.4 cm³/mol. The van der Waals surface area contributed by atoms with Gasteiger partial charge in [-0.3, -0.25) is 0 Å². The molecule has 0 aliphatic carbocycles. The maximum Gasteiger partial charge on any atom is 0.166 e. The highest BCUT2D eigenvalue weighted by atomic mass is 32.2. The van der Waals surface area contributed by atoms with Crippen molar-refractivity contribution < 1.29 is 4.74 Å². The summed E-state index contributed by atoms with van der Waals surface area (Å²) < 4.78 is 5.17. The number of benzene rings is 1. The average molecular weight is 266 g/mol. The number of ether oxygens (including phenoxy) is 1. The summed E-state index contributed by atoms with van der Waals surface area (Å²) >= 11 is 5.81. The molecule has 0 bridgehead atoms. The second-order valence-electron chi connectivity index (χ2n) is 3.62. The van der Waals surface area contributed by atoms with Crippen molar-refractivity contribution in [1.82, 2.24) is 9.97 Å². The molecule has 1 aromatic carbocycles. The summed E-state index contributed by atoms with van der Waals surface area (Å²) in [6.07, 6.45) is 0. The number of methoxy groups -OCH3 is 1. The van der Waals surface area contributed by atoms with Crippen LogP contribution < -0.4 is 4.74 Å². The van der Waals surface area contributed by atoms with Gasteiger partial charge in [-0.25, -0.2) is 4.98 Å². The van der Waals surface area contributed by atoms with Gasteiger partial charge in [-0.2, -0.15) is 12.6 Å². The van der Waals surface area contributed by atoms with Crippen LogP contribution in [-0.4, -0.2) is 28.6 Å². The van der Waals surface area contributed by atoms with E-state index in [9.17, 15) is 0 Å². The number of nitrogens with zero attached hydrogens (tertiary/aromatic N) is 1. The normalized spacial score (nSPS) is 10.7. The minimum Gasteiger partial charge on any atom is -0.497 e. The van der Waals surface area contributed by atoms with Crippen LogP contribution in [0.5, 0.6) is 5.75 Å². The van der Waals surface area contributed by atoms with Gasteiger partial charge in [0.05, 0.1) is 18.1 Å². The number of thioether (sulfide) groups is 1. The van der Waals surface area contributed by atoms with Crippen LogP contribution in [0.15, 0.2) is 35.5 Å². The fourth-order valence-electron chi connectivity index (χ4n) is 1.38. The number of nitrogens with one attached hydrogen (secondary N) is 1. The highest BCUT2D eigenvalue weighted by Gasteiger charge is 2.04. The van der Waals surface area contributed by atoms with E-state index in [0.717, 1.165) is 33.3 Å². The summed E-state index contributed by atoms with van der Waals surface area (Å²) in [6, 6.07) is 5.80. The Hall–Kier alpha value is -1.07. The molecule has 0 atom stereocenters. The van der Waals surface area contributed by atoms with E-state index in [1.165, 1.54) is 0 Å². The molecule has 0 spiro atoms. The van der Waals surface area contributed by atoms with Gasteiger partial charge in [0.1, 0.15) is 5.75 Å². The minimum atomic E-state index is 0.709. The molecule has 17 heavy (non-hydrogen) atoms. The lowest BCUT2D eigenvalue weighted by atomic mass is 10.3. The maximum atomic E-state index is 5.17. The van der Waals surface area contributed by atoms with E-state index in [1.807, 2.05) is 18.2 Å². The van der Waals surface area contributed by atoms with Crippen LogP contribution in [0.2, 0.25) is 0 Å². The lowest BCUT2D eigenvalue weighted by Crippen LogP contribution is -1.87. The van der Waals surface area contributed by atoms with Crippen molar-refractivity contribution >= 4 is 35.4 Å². The quantitative estimate of drug-likeness (QED) is 0.496. The molecule has 0 radical (unpaired) electrons. The lowest BCUT2D eigenvalue weighted by molar-refractivity contribution is 0.415. The van der Waals surface area contributed by atoms with Crippen molar-refractivity contribution in [2.75, 3.05) is 18.6 Å². The van der Waals surface area contributed by atoms with Crippen molar-refractivity contribution in [2.24, 2.45) is 0 Å². The summed E-state index contributed by atoms with van der Waals surface area (Å²) in [5, 5.41) is 0.899. The van der Waals surface area contributed by atoms with Crippen LogP contribution >= 0.6 is 24.4 Å². The summed E-state index contributed by atoms with van der Waals surface area (Å²) in [6.45, 7) is 3.91. The summed E-state index contributed by atoms with van der Waals surface area (Å²) in [5.41, 5.74) is 3.03. The molecule has 0 aliphatic rings. The molecule has 0 amide bonds. The topological polar surface area (TPSA) is 37.9 Å². The molecular weight excluding hydrogens is 252 g/mol. The second-order valence-corrected chi connectivity index (χ2v) is 4.90. The predicted octanol–water partition coefficient (Wildman–Crippen LogP) is 3.15. The van der Waals surface area contributed by atoms with E-state index >= 15 is 0 Å². The van der Waals surface area contributed by atoms with Gasteiger partial charge in [-0.15, -0.1) is 0 Å². The molecular formula is C12H14N2OS2. The molecule has 0 saturated carbocycles. The van der Waals surface area contributed by atoms with Crippen molar-refractivity contribution in [3.8, 4) is 5.75 Å². The van der Waals surface area contributed by atoms with E-state index < -0.39 is 0 Å². The van der Waals surface area contributed by atoms with E-state index in [2.05, 4.69) is 29.2 Å². The van der Waals surface area contributed by atoms with Gasteiger partial charge in [0, 0.05) is 17.6 Å². The molecule has 0 fully saturated rings. The van der Waals surface area contributed by atoms with Crippen molar-refractivity contribution in [3.05, 3.63) is 30.4 Å². The Labute approximate surface area is 110 Å². The number of thiol groups is 1. The maximum absolute atomic E-state index is 5.17. The lowest BCUT2D eigenvalue weighted by Gasteiger charge is -1.98. The van der Waals surface area contributed by atoms with Crippen molar-refractivity contribution in [3.63, 3.8) is 0 Å².